The van der Waals surface area contributed by atoms with Crippen molar-refractivity contribution in [2.75, 3.05) is 5.32 Å². The maximum atomic E-state index is 4.63. The third-order valence-corrected chi connectivity index (χ3v) is 4.72. The molecule has 3 rings (SSSR count). The van der Waals surface area contributed by atoms with Crippen LogP contribution in [0.25, 0.3) is 0 Å². The Kier molecular flexibility index (Phi) is 3.32. The number of anilines is 1. The smallest absolute Gasteiger partial charge is 0.202 e. The van der Waals surface area contributed by atoms with Gasteiger partial charge in [0.15, 0.2) is 0 Å². The molecule has 1 aromatic rings. The summed E-state index contributed by atoms with van der Waals surface area (Å²) in [6, 6.07) is 0.609. The summed E-state index contributed by atoms with van der Waals surface area (Å²) in [5.74, 6) is 2.53. The van der Waals surface area contributed by atoms with Crippen LogP contribution < -0.4 is 5.32 Å². The molecule has 0 amide bonds. The normalized spacial score (nSPS) is 29.9. The molecule has 17 heavy (non-hydrogen) atoms. The number of aromatic nitrogens is 2. The van der Waals surface area contributed by atoms with Gasteiger partial charge in [-0.1, -0.05) is 26.2 Å². The van der Waals surface area contributed by atoms with E-state index in [0.717, 1.165) is 16.9 Å². The summed E-state index contributed by atoms with van der Waals surface area (Å²) < 4.78 is 4.46. The molecule has 2 aliphatic carbocycles. The van der Waals surface area contributed by atoms with Crippen LogP contribution in [0.2, 0.25) is 0 Å². The molecular weight excluding hydrogens is 230 g/mol. The second kappa shape index (κ2) is 4.92. The lowest BCUT2D eigenvalue weighted by Gasteiger charge is -2.21. The first-order valence-electron chi connectivity index (χ1n) is 6.93. The SMILES string of the molecule is CC1CCCCCC1Nc1nc(C2CC2)ns1. The standard InChI is InChI=1S/C13H21N3S/c1-9-5-3-2-4-6-11(9)14-13-15-12(16-17-13)10-7-8-10/h9-11H,2-8H2,1H3,(H,14,15,16). The zero-order valence-electron chi connectivity index (χ0n) is 10.5. The van der Waals surface area contributed by atoms with Gasteiger partial charge in [-0.3, -0.25) is 0 Å². The molecule has 0 aliphatic heterocycles. The summed E-state index contributed by atoms with van der Waals surface area (Å²) in [7, 11) is 0. The van der Waals surface area contributed by atoms with Gasteiger partial charge >= 0.3 is 0 Å². The Morgan fingerprint density at radius 1 is 1.12 bits per heavy atom. The molecule has 4 heteroatoms. The van der Waals surface area contributed by atoms with Crippen molar-refractivity contribution in [3.8, 4) is 0 Å². The molecular formula is C13H21N3S. The van der Waals surface area contributed by atoms with Crippen LogP contribution in [-0.2, 0) is 0 Å². The van der Waals surface area contributed by atoms with Gasteiger partial charge in [0.05, 0.1) is 0 Å². The van der Waals surface area contributed by atoms with Crippen LogP contribution in [0.15, 0.2) is 0 Å². The molecule has 0 aromatic carbocycles. The summed E-state index contributed by atoms with van der Waals surface area (Å²) in [5.41, 5.74) is 0. The maximum Gasteiger partial charge on any atom is 0.202 e. The fourth-order valence-corrected chi connectivity index (χ4v) is 3.38. The molecule has 2 unspecified atom stereocenters. The van der Waals surface area contributed by atoms with E-state index in [2.05, 4.69) is 21.6 Å². The molecule has 0 bridgehead atoms. The molecule has 2 aliphatic rings. The van der Waals surface area contributed by atoms with Gasteiger partial charge in [-0.15, -0.1) is 0 Å². The van der Waals surface area contributed by atoms with Crippen molar-refractivity contribution in [3.05, 3.63) is 5.82 Å². The van der Waals surface area contributed by atoms with E-state index in [1.165, 1.54) is 44.9 Å². The molecule has 0 spiro atoms. The van der Waals surface area contributed by atoms with E-state index in [-0.39, 0.29) is 0 Å². The highest BCUT2D eigenvalue weighted by atomic mass is 32.1. The number of hydrogen-bond donors (Lipinski definition) is 1. The first kappa shape index (κ1) is 11.5. The van der Waals surface area contributed by atoms with Gasteiger partial charge in [0.25, 0.3) is 0 Å². The van der Waals surface area contributed by atoms with Gasteiger partial charge in [0, 0.05) is 23.5 Å². The van der Waals surface area contributed by atoms with Gasteiger partial charge in [-0.25, -0.2) is 4.98 Å². The topological polar surface area (TPSA) is 37.8 Å². The second-order valence-electron chi connectivity index (χ2n) is 5.60. The van der Waals surface area contributed by atoms with Gasteiger partial charge < -0.3 is 5.32 Å². The number of rotatable bonds is 3. The molecule has 2 atom stereocenters. The first-order valence-corrected chi connectivity index (χ1v) is 7.70. The number of nitrogens with zero attached hydrogens (tertiary/aromatic N) is 2. The Bertz CT molecular complexity index is 372. The zero-order chi connectivity index (χ0) is 11.7. The van der Waals surface area contributed by atoms with E-state index >= 15 is 0 Å². The molecule has 2 fully saturated rings. The minimum absolute atomic E-state index is 0.609. The molecule has 0 saturated heterocycles. The van der Waals surface area contributed by atoms with E-state index in [9.17, 15) is 0 Å². The van der Waals surface area contributed by atoms with E-state index < -0.39 is 0 Å². The Morgan fingerprint density at radius 2 is 1.94 bits per heavy atom. The monoisotopic (exact) mass is 251 g/mol. The lowest BCUT2D eigenvalue weighted by atomic mass is 9.97. The average molecular weight is 251 g/mol. The summed E-state index contributed by atoms with van der Waals surface area (Å²) in [6.07, 6.45) is 9.36. The zero-order valence-corrected chi connectivity index (χ0v) is 11.3. The fourth-order valence-electron chi connectivity index (χ4n) is 2.67. The van der Waals surface area contributed by atoms with E-state index in [0.29, 0.717) is 12.0 Å². The van der Waals surface area contributed by atoms with E-state index in [4.69, 9.17) is 0 Å². The highest BCUT2D eigenvalue weighted by Crippen LogP contribution is 2.39. The Morgan fingerprint density at radius 3 is 2.76 bits per heavy atom. The maximum absolute atomic E-state index is 4.63. The van der Waals surface area contributed by atoms with Gasteiger partial charge in [-0.2, -0.15) is 4.37 Å². The molecule has 3 nitrogen and oxygen atoms in total. The van der Waals surface area contributed by atoms with Crippen LogP contribution in [0.3, 0.4) is 0 Å². The van der Waals surface area contributed by atoms with Crippen molar-refractivity contribution in [2.45, 2.75) is 63.8 Å². The Labute approximate surface area is 107 Å². The predicted octanol–water partition coefficient (Wildman–Crippen LogP) is 3.80. The lowest BCUT2D eigenvalue weighted by Crippen LogP contribution is -2.26. The average Bonchev–Trinajstić information content (AvgIpc) is 3.09. The highest BCUT2D eigenvalue weighted by Gasteiger charge is 2.28. The van der Waals surface area contributed by atoms with Crippen LogP contribution >= 0.6 is 11.5 Å². The van der Waals surface area contributed by atoms with E-state index in [1.807, 2.05) is 0 Å². The summed E-state index contributed by atoms with van der Waals surface area (Å²) in [5, 5.41) is 4.67. The molecule has 94 valence electrons. The van der Waals surface area contributed by atoms with E-state index in [1.54, 1.807) is 11.5 Å². The minimum atomic E-state index is 0.609. The molecule has 0 radical (unpaired) electrons. The van der Waals surface area contributed by atoms with Crippen molar-refractivity contribution in [3.63, 3.8) is 0 Å². The van der Waals surface area contributed by atoms with Crippen molar-refractivity contribution in [1.82, 2.24) is 9.36 Å². The minimum Gasteiger partial charge on any atom is -0.357 e. The fraction of sp³-hybridized carbons (Fsp3) is 0.846. The first-order chi connectivity index (χ1) is 8.33. The van der Waals surface area contributed by atoms with Crippen LogP contribution in [0.5, 0.6) is 0 Å². The van der Waals surface area contributed by atoms with Crippen molar-refractivity contribution < 1.29 is 0 Å². The van der Waals surface area contributed by atoms with Gasteiger partial charge in [0.1, 0.15) is 5.82 Å². The third-order valence-electron chi connectivity index (χ3n) is 4.05. The van der Waals surface area contributed by atoms with Crippen LogP contribution in [0.1, 0.15) is 63.6 Å². The molecule has 2 saturated carbocycles. The van der Waals surface area contributed by atoms with Crippen LogP contribution in [-0.4, -0.2) is 15.4 Å². The lowest BCUT2D eigenvalue weighted by molar-refractivity contribution is 0.456. The molecule has 1 N–H and O–H groups in total. The largest absolute Gasteiger partial charge is 0.357 e. The predicted molar refractivity (Wildman–Crippen MR) is 71.5 cm³/mol. The van der Waals surface area contributed by atoms with Gasteiger partial charge in [0.2, 0.25) is 5.13 Å². The number of hydrogen-bond acceptors (Lipinski definition) is 4. The van der Waals surface area contributed by atoms with Gasteiger partial charge in [-0.05, 0) is 31.6 Å². The summed E-state index contributed by atoms with van der Waals surface area (Å²) >= 11 is 1.55. The quantitative estimate of drug-likeness (QED) is 0.830. The molecule has 1 heterocycles. The molecule has 1 aromatic heterocycles. The van der Waals surface area contributed by atoms with Crippen LogP contribution in [0.4, 0.5) is 5.13 Å². The summed E-state index contributed by atoms with van der Waals surface area (Å²) in [4.78, 5) is 4.63. The van der Waals surface area contributed by atoms with Crippen molar-refractivity contribution in [2.24, 2.45) is 5.92 Å². The second-order valence-corrected chi connectivity index (χ2v) is 6.35. The van der Waals surface area contributed by atoms with Crippen molar-refractivity contribution >= 4 is 16.7 Å². The Hall–Kier alpha value is -0.640. The van der Waals surface area contributed by atoms with Crippen LogP contribution in [0, 0.1) is 5.92 Å². The summed E-state index contributed by atoms with van der Waals surface area (Å²) in [6.45, 7) is 2.37. The highest BCUT2D eigenvalue weighted by molar-refractivity contribution is 7.09. The van der Waals surface area contributed by atoms with Crippen molar-refractivity contribution in [1.29, 1.82) is 0 Å². The number of nitrogens with one attached hydrogen (secondary N) is 1. The third kappa shape index (κ3) is 2.79. The Balaban J connectivity index is 1.63.